The molecular formula is C12H9NO2S. The largest absolute Gasteiger partial charge is 0.443 e. The summed E-state index contributed by atoms with van der Waals surface area (Å²) in [5.41, 5.74) is 0. The summed E-state index contributed by atoms with van der Waals surface area (Å²) >= 11 is 1.37. The zero-order valence-electron chi connectivity index (χ0n) is 8.64. The minimum absolute atomic E-state index is 0.435. The van der Waals surface area contributed by atoms with Gasteiger partial charge in [-0.25, -0.2) is 4.79 Å². The van der Waals surface area contributed by atoms with Crippen molar-refractivity contribution in [2.24, 2.45) is 0 Å². The number of fused-ring (bicyclic) bond motifs is 1. The van der Waals surface area contributed by atoms with Gasteiger partial charge in [0.1, 0.15) is 10.9 Å². The molecule has 0 radical (unpaired) electrons. The van der Waals surface area contributed by atoms with Crippen LogP contribution in [0.2, 0.25) is 0 Å². The fourth-order valence-electron chi connectivity index (χ4n) is 1.33. The lowest BCUT2D eigenvalue weighted by atomic mass is 10.2. The van der Waals surface area contributed by atoms with Crippen molar-refractivity contribution in [3.63, 3.8) is 0 Å². The van der Waals surface area contributed by atoms with Crippen LogP contribution < -0.4 is 0 Å². The minimum Gasteiger partial charge on any atom is -0.443 e. The van der Waals surface area contributed by atoms with Gasteiger partial charge in [0.05, 0.1) is 0 Å². The average Bonchev–Trinajstić information content (AvgIpc) is 2.72. The molecule has 1 heterocycles. The zero-order chi connectivity index (χ0) is 11.5. The molecule has 0 aliphatic rings. The van der Waals surface area contributed by atoms with Crippen LogP contribution in [0.5, 0.6) is 0 Å². The first-order chi connectivity index (χ1) is 7.70. The van der Waals surface area contributed by atoms with Gasteiger partial charge < -0.3 is 4.74 Å². The smallest absolute Gasteiger partial charge is 0.349 e. The van der Waals surface area contributed by atoms with Crippen molar-refractivity contribution in [2.45, 2.75) is 13.0 Å². The summed E-state index contributed by atoms with van der Waals surface area (Å²) in [6.45, 7) is 1.55. The van der Waals surface area contributed by atoms with Crippen molar-refractivity contribution in [1.82, 2.24) is 0 Å². The molecule has 0 saturated carbocycles. The van der Waals surface area contributed by atoms with Gasteiger partial charge in [0.25, 0.3) is 0 Å². The highest BCUT2D eigenvalue weighted by molar-refractivity contribution is 7.20. The van der Waals surface area contributed by atoms with E-state index in [2.05, 4.69) is 0 Å². The van der Waals surface area contributed by atoms with E-state index in [-0.39, 0.29) is 0 Å². The number of esters is 1. The number of nitrogens with zero attached hydrogens (tertiary/aromatic N) is 1. The molecule has 3 nitrogen and oxygen atoms in total. The van der Waals surface area contributed by atoms with Crippen molar-refractivity contribution >= 4 is 27.4 Å². The van der Waals surface area contributed by atoms with E-state index in [1.165, 1.54) is 11.3 Å². The normalized spacial score (nSPS) is 12.0. The molecule has 0 N–H and O–H groups in total. The van der Waals surface area contributed by atoms with Gasteiger partial charge in [0, 0.05) is 4.70 Å². The maximum Gasteiger partial charge on any atom is 0.349 e. The fraction of sp³-hybridized carbons (Fsp3) is 0.167. The molecule has 0 aliphatic carbocycles. The van der Waals surface area contributed by atoms with Crippen molar-refractivity contribution in [2.75, 3.05) is 0 Å². The van der Waals surface area contributed by atoms with Crippen molar-refractivity contribution in [1.29, 1.82) is 5.26 Å². The van der Waals surface area contributed by atoms with Crippen molar-refractivity contribution in [3.8, 4) is 6.07 Å². The number of hydrogen-bond donors (Lipinski definition) is 0. The average molecular weight is 231 g/mol. The van der Waals surface area contributed by atoms with Gasteiger partial charge >= 0.3 is 5.97 Å². The Morgan fingerprint density at radius 3 is 2.94 bits per heavy atom. The van der Waals surface area contributed by atoms with Gasteiger partial charge in [-0.15, -0.1) is 11.3 Å². The molecular weight excluding hydrogens is 222 g/mol. The molecule has 1 aromatic carbocycles. The van der Waals surface area contributed by atoms with E-state index in [9.17, 15) is 4.79 Å². The van der Waals surface area contributed by atoms with Gasteiger partial charge in [-0.05, 0) is 24.4 Å². The Morgan fingerprint density at radius 1 is 1.50 bits per heavy atom. The quantitative estimate of drug-likeness (QED) is 0.746. The van der Waals surface area contributed by atoms with Crippen LogP contribution >= 0.6 is 11.3 Å². The van der Waals surface area contributed by atoms with E-state index in [0.29, 0.717) is 4.88 Å². The minimum atomic E-state index is -0.710. The van der Waals surface area contributed by atoms with Crippen LogP contribution in [0.1, 0.15) is 16.6 Å². The standard InChI is InChI=1S/C12H9NO2S/c1-8(7-13)15-12(14)11-6-9-4-2-3-5-10(9)16-11/h2-6,8H,1H3/t8-/m1/s1. The summed E-state index contributed by atoms with van der Waals surface area (Å²) < 4.78 is 5.97. The number of hydrogen-bond acceptors (Lipinski definition) is 4. The highest BCUT2D eigenvalue weighted by Crippen LogP contribution is 2.25. The van der Waals surface area contributed by atoms with Crippen molar-refractivity contribution in [3.05, 3.63) is 35.2 Å². The molecule has 0 amide bonds. The molecule has 16 heavy (non-hydrogen) atoms. The second kappa shape index (κ2) is 4.33. The molecule has 0 saturated heterocycles. The number of thiophene rings is 1. The molecule has 0 fully saturated rings. The number of benzene rings is 1. The predicted octanol–water partition coefficient (Wildman–Crippen LogP) is 2.97. The summed E-state index contributed by atoms with van der Waals surface area (Å²) in [6.07, 6.45) is -0.710. The first-order valence-corrected chi connectivity index (χ1v) is 5.61. The molecule has 1 aromatic heterocycles. The Morgan fingerprint density at radius 2 is 2.25 bits per heavy atom. The summed E-state index contributed by atoms with van der Waals surface area (Å²) in [7, 11) is 0. The lowest BCUT2D eigenvalue weighted by Gasteiger charge is -2.02. The highest BCUT2D eigenvalue weighted by Gasteiger charge is 2.14. The van der Waals surface area contributed by atoms with Crippen LogP contribution in [0.4, 0.5) is 0 Å². The molecule has 0 spiro atoms. The van der Waals surface area contributed by atoms with Gasteiger partial charge in [-0.2, -0.15) is 5.26 Å². The van der Waals surface area contributed by atoms with E-state index >= 15 is 0 Å². The number of nitriles is 1. The van der Waals surface area contributed by atoms with E-state index < -0.39 is 12.1 Å². The van der Waals surface area contributed by atoms with Crippen LogP contribution in [0.3, 0.4) is 0 Å². The number of rotatable bonds is 2. The zero-order valence-corrected chi connectivity index (χ0v) is 9.45. The molecule has 2 aromatic rings. The maximum atomic E-state index is 11.6. The van der Waals surface area contributed by atoms with Gasteiger partial charge in [0.15, 0.2) is 6.10 Å². The Hall–Kier alpha value is -1.86. The third-order valence-electron chi connectivity index (χ3n) is 2.09. The number of ether oxygens (including phenoxy) is 1. The summed E-state index contributed by atoms with van der Waals surface area (Å²) in [6, 6.07) is 11.4. The first kappa shape index (κ1) is 10.7. The molecule has 80 valence electrons. The molecule has 0 aliphatic heterocycles. The Bertz CT molecular complexity index is 535. The van der Waals surface area contributed by atoms with E-state index in [0.717, 1.165) is 10.1 Å². The summed E-state index contributed by atoms with van der Waals surface area (Å²) in [5, 5.41) is 9.56. The molecule has 0 bridgehead atoms. The Labute approximate surface area is 96.9 Å². The SMILES string of the molecule is C[C@H](C#N)OC(=O)c1cc2ccccc2s1. The topological polar surface area (TPSA) is 50.1 Å². The third kappa shape index (κ3) is 2.05. The second-order valence-electron chi connectivity index (χ2n) is 3.33. The fourth-order valence-corrected chi connectivity index (χ4v) is 2.27. The van der Waals surface area contributed by atoms with Gasteiger partial charge in [0.2, 0.25) is 0 Å². The van der Waals surface area contributed by atoms with Crippen LogP contribution in [0.15, 0.2) is 30.3 Å². The lowest BCUT2D eigenvalue weighted by Crippen LogP contribution is -2.11. The Kier molecular flexibility index (Phi) is 2.88. The monoisotopic (exact) mass is 231 g/mol. The Balaban J connectivity index is 2.27. The van der Waals surface area contributed by atoms with Gasteiger partial charge in [-0.3, -0.25) is 0 Å². The highest BCUT2D eigenvalue weighted by atomic mass is 32.1. The lowest BCUT2D eigenvalue weighted by molar-refractivity contribution is 0.0441. The second-order valence-corrected chi connectivity index (χ2v) is 4.41. The first-order valence-electron chi connectivity index (χ1n) is 4.80. The van der Waals surface area contributed by atoms with Crippen LogP contribution in [0.25, 0.3) is 10.1 Å². The maximum absolute atomic E-state index is 11.6. The van der Waals surface area contributed by atoms with Gasteiger partial charge in [-0.1, -0.05) is 18.2 Å². The summed E-state index contributed by atoms with van der Waals surface area (Å²) in [4.78, 5) is 12.2. The predicted molar refractivity (Wildman–Crippen MR) is 62.3 cm³/mol. The summed E-state index contributed by atoms with van der Waals surface area (Å²) in [5.74, 6) is -0.435. The van der Waals surface area contributed by atoms with E-state index in [4.69, 9.17) is 10.00 Å². The third-order valence-corrected chi connectivity index (χ3v) is 3.19. The molecule has 4 heteroatoms. The molecule has 2 rings (SSSR count). The van der Waals surface area contributed by atoms with E-state index in [1.807, 2.05) is 30.3 Å². The van der Waals surface area contributed by atoms with Crippen molar-refractivity contribution < 1.29 is 9.53 Å². The molecule has 1 atom stereocenters. The number of carbonyl (C=O) groups excluding carboxylic acids is 1. The van der Waals surface area contributed by atoms with E-state index in [1.54, 1.807) is 13.0 Å². The van der Waals surface area contributed by atoms with Crippen LogP contribution in [-0.4, -0.2) is 12.1 Å². The van der Waals surface area contributed by atoms with Crippen LogP contribution in [-0.2, 0) is 4.74 Å². The molecule has 0 unspecified atom stereocenters. The van der Waals surface area contributed by atoms with Crippen LogP contribution in [0, 0.1) is 11.3 Å². The number of carbonyl (C=O) groups is 1.